The minimum atomic E-state index is -0.0454. The summed E-state index contributed by atoms with van der Waals surface area (Å²) in [6.07, 6.45) is 1.85. The number of guanidine groups is 1. The monoisotopic (exact) mass is 384 g/mol. The maximum absolute atomic E-state index is 6.06. The number of benzene rings is 1. The predicted molar refractivity (Wildman–Crippen MR) is 112 cm³/mol. The molecule has 6 heteroatoms. The Hall–Kier alpha value is -2.34. The molecule has 1 aliphatic rings. The van der Waals surface area contributed by atoms with E-state index < -0.39 is 0 Å². The lowest BCUT2D eigenvalue weighted by molar-refractivity contribution is -0.00837. The van der Waals surface area contributed by atoms with Crippen LogP contribution in [0.3, 0.4) is 0 Å². The highest BCUT2D eigenvalue weighted by Gasteiger charge is 2.25. The minimum Gasteiger partial charge on any atom is -0.443 e. The molecule has 0 saturated carbocycles. The van der Waals surface area contributed by atoms with Crippen LogP contribution in [0.25, 0.3) is 0 Å². The molecular formula is C22H32N4O2. The SMILES string of the molecule is CN=C(NCc1ncc(C(C)(C)C)o1)N1CCOC(c2ccc(C)cc2C)C1. The first-order valence-corrected chi connectivity index (χ1v) is 9.87. The highest BCUT2D eigenvalue weighted by atomic mass is 16.5. The van der Waals surface area contributed by atoms with Crippen LogP contribution in [0.2, 0.25) is 0 Å². The Morgan fingerprint density at radius 1 is 1.32 bits per heavy atom. The molecule has 0 spiro atoms. The van der Waals surface area contributed by atoms with E-state index in [0.717, 1.165) is 24.8 Å². The van der Waals surface area contributed by atoms with Crippen molar-refractivity contribution in [3.8, 4) is 0 Å². The maximum atomic E-state index is 6.06. The van der Waals surface area contributed by atoms with Crippen molar-refractivity contribution < 1.29 is 9.15 Å². The zero-order valence-electron chi connectivity index (χ0n) is 17.9. The van der Waals surface area contributed by atoms with Crippen LogP contribution in [-0.4, -0.2) is 42.6 Å². The molecule has 28 heavy (non-hydrogen) atoms. The van der Waals surface area contributed by atoms with Gasteiger partial charge in [-0.15, -0.1) is 0 Å². The number of aryl methyl sites for hydroxylation is 2. The second kappa shape index (κ2) is 8.35. The fourth-order valence-electron chi connectivity index (χ4n) is 3.44. The number of aliphatic imine (C=N–C) groups is 1. The van der Waals surface area contributed by atoms with Crippen molar-refractivity contribution in [3.05, 3.63) is 52.7 Å². The van der Waals surface area contributed by atoms with E-state index in [0.29, 0.717) is 19.0 Å². The van der Waals surface area contributed by atoms with Gasteiger partial charge in [0.05, 0.1) is 25.9 Å². The van der Waals surface area contributed by atoms with E-state index in [1.165, 1.54) is 16.7 Å². The Morgan fingerprint density at radius 3 is 2.75 bits per heavy atom. The van der Waals surface area contributed by atoms with Gasteiger partial charge in [-0.25, -0.2) is 4.98 Å². The summed E-state index contributed by atoms with van der Waals surface area (Å²) in [4.78, 5) is 11.1. The predicted octanol–water partition coefficient (Wildman–Crippen LogP) is 3.74. The molecule has 2 heterocycles. The van der Waals surface area contributed by atoms with Crippen molar-refractivity contribution >= 4 is 5.96 Å². The normalized spacial score (nSPS) is 18.4. The summed E-state index contributed by atoms with van der Waals surface area (Å²) >= 11 is 0. The van der Waals surface area contributed by atoms with E-state index in [1.54, 1.807) is 7.05 Å². The Labute approximate surface area is 168 Å². The van der Waals surface area contributed by atoms with Gasteiger partial charge in [-0.1, -0.05) is 44.5 Å². The van der Waals surface area contributed by atoms with Gasteiger partial charge in [0, 0.05) is 19.0 Å². The average molecular weight is 385 g/mol. The Bertz CT molecular complexity index is 835. The summed E-state index contributed by atoms with van der Waals surface area (Å²) in [5.41, 5.74) is 3.74. The molecule has 0 amide bonds. The molecular weight excluding hydrogens is 352 g/mol. The van der Waals surface area contributed by atoms with Gasteiger partial charge in [0.15, 0.2) is 5.96 Å². The quantitative estimate of drug-likeness (QED) is 0.645. The summed E-state index contributed by atoms with van der Waals surface area (Å²) in [7, 11) is 1.81. The van der Waals surface area contributed by atoms with Crippen molar-refractivity contribution in [3.63, 3.8) is 0 Å². The van der Waals surface area contributed by atoms with Crippen LogP contribution in [0.1, 0.15) is 55.2 Å². The van der Waals surface area contributed by atoms with Gasteiger partial charge in [-0.3, -0.25) is 4.99 Å². The molecule has 1 fully saturated rings. The van der Waals surface area contributed by atoms with E-state index >= 15 is 0 Å². The van der Waals surface area contributed by atoms with E-state index in [9.17, 15) is 0 Å². The fourth-order valence-corrected chi connectivity index (χ4v) is 3.44. The van der Waals surface area contributed by atoms with Gasteiger partial charge >= 0.3 is 0 Å². The van der Waals surface area contributed by atoms with Crippen LogP contribution < -0.4 is 5.32 Å². The number of oxazole rings is 1. The summed E-state index contributed by atoms with van der Waals surface area (Å²) in [6.45, 7) is 13.4. The standard InChI is InChI=1S/C22H32N4O2/c1-15-7-8-17(16(2)11-15)18-14-26(9-10-27-18)21(23-6)25-13-20-24-12-19(28-20)22(3,4)5/h7-8,11-12,18H,9-10,13-14H2,1-6H3,(H,23,25). The average Bonchev–Trinajstić information content (AvgIpc) is 3.12. The molecule has 6 nitrogen and oxygen atoms in total. The molecule has 1 aromatic carbocycles. The van der Waals surface area contributed by atoms with Crippen molar-refractivity contribution in [2.24, 2.45) is 4.99 Å². The summed E-state index contributed by atoms with van der Waals surface area (Å²) < 4.78 is 11.9. The number of rotatable bonds is 3. The molecule has 1 unspecified atom stereocenters. The molecule has 152 valence electrons. The first-order chi connectivity index (χ1) is 13.3. The molecule has 0 aliphatic carbocycles. The molecule has 1 saturated heterocycles. The lowest BCUT2D eigenvalue weighted by Crippen LogP contribution is -2.48. The van der Waals surface area contributed by atoms with Crippen LogP contribution in [0.4, 0.5) is 0 Å². The second-order valence-electron chi connectivity index (χ2n) is 8.43. The van der Waals surface area contributed by atoms with E-state index in [2.05, 4.69) is 73.0 Å². The van der Waals surface area contributed by atoms with Gasteiger partial charge < -0.3 is 19.4 Å². The first-order valence-electron chi connectivity index (χ1n) is 9.87. The van der Waals surface area contributed by atoms with Gasteiger partial charge in [0.25, 0.3) is 0 Å². The van der Waals surface area contributed by atoms with E-state index in [4.69, 9.17) is 9.15 Å². The maximum Gasteiger partial charge on any atom is 0.213 e. The molecule has 1 atom stereocenters. The lowest BCUT2D eigenvalue weighted by atomic mass is 9.94. The van der Waals surface area contributed by atoms with Crippen molar-refractivity contribution in [2.75, 3.05) is 26.7 Å². The Kier molecular flexibility index (Phi) is 6.08. The molecule has 2 aromatic rings. The van der Waals surface area contributed by atoms with Gasteiger partial charge in [-0.05, 0) is 25.0 Å². The molecule has 1 aromatic heterocycles. The number of nitrogens with one attached hydrogen (secondary N) is 1. The summed E-state index contributed by atoms with van der Waals surface area (Å²) in [5, 5.41) is 3.38. The number of morpholine rings is 1. The van der Waals surface area contributed by atoms with Crippen molar-refractivity contribution in [2.45, 2.75) is 52.7 Å². The topological polar surface area (TPSA) is 62.9 Å². The van der Waals surface area contributed by atoms with Crippen LogP contribution in [-0.2, 0) is 16.7 Å². The fraction of sp³-hybridized carbons (Fsp3) is 0.545. The molecule has 0 bridgehead atoms. The smallest absolute Gasteiger partial charge is 0.213 e. The van der Waals surface area contributed by atoms with Crippen LogP contribution >= 0.6 is 0 Å². The van der Waals surface area contributed by atoms with E-state index in [-0.39, 0.29) is 11.5 Å². The lowest BCUT2D eigenvalue weighted by Gasteiger charge is -2.35. The van der Waals surface area contributed by atoms with Crippen LogP contribution in [0, 0.1) is 13.8 Å². The summed E-state index contributed by atoms with van der Waals surface area (Å²) in [6, 6.07) is 6.53. The minimum absolute atomic E-state index is 0.0436. The highest BCUT2D eigenvalue weighted by Crippen LogP contribution is 2.26. The molecule has 1 aliphatic heterocycles. The molecule has 0 radical (unpaired) electrons. The molecule has 3 rings (SSSR count). The second-order valence-corrected chi connectivity index (χ2v) is 8.43. The third-order valence-electron chi connectivity index (χ3n) is 5.04. The summed E-state index contributed by atoms with van der Waals surface area (Å²) in [5.74, 6) is 2.40. The Morgan fingerprint density at radius 2 is 2.11 bits per heavy atom. The van der Waals surface area contributed by atoms with Crippen LogP contribution in [0.5, 0.6) is 0 Å². The number of ether oxygens (including phenoxy) is 1. The van der Waals surface area contributed by atoms with Crippen LogP contribution in [0.15, 0.2) is 33.8 Å². The zero-order valence-corrected chi connectivity index (χ0v) is 17.9. The van der Waals surface area contributed by atoms with Gasteiger partial charge in [0.1, 0.15) is 11.9 Å². The number of hydrogen-bond acceptors (Lipinski definition) is 4. The largest absolute Gasteiger partial charge is 0.443 e. The van der Waals surface area contributed by atoms with Crippen molar-refractivity contribution in [1.29, 1.82) is 0 Å². The number of aromatic nitrogens is 1. The number of nitrogens with zero attached hydrogens (tertiary/aromatic N) is 3. The number of hydrogen-bond donors (Lipinski definition) is 1. The first kappa shape index (κ1) is 20.4. The van der Waals surface area contributed by atoms with Crippen molar-refractivity contribution in [1.82, 2.24) is 15.2 Å². The molecule has 1 N–H and O–H groups in total. The zero-order chi connectivity index (χ0) is 20.3. The highest BCUT2D eigenvalue weighted by molar-refractivity contribution is 5.80. The van der Waals surface area contributed by atoms with Gasteiger partial charge in [-0.2, -0.15) is 0 Å². The third-order valence-corrected chi connectivity index (χ3v) is 5.04. The van der Waals surface area contributed by atoms with Gasteiger partial charge in [0.2, 0.25) is 5.89 Å². The van der Waals surface area contributed by atoms with E-state index in [1.807, 2.05) is 6.20 Å². The third kappa shape index (κ3) is 4.73. The Balaban J connectivity index is 1.64.